The number of para-hydroxylation sites is 2. The first-order valence-corrected chi connectivity index (χ1v) is 10.4. The number of carbonyl (C=O) groups excluding carboxylic acids is 2. The molecule has 0 bridgehead atoms. The quantitative estimate of drug-likeness (QED) is 0.402. The van der Waals surface area contributed by atoms with Gasteiger partial charge < -0.3 is 9.88 Å². The zero-order valence-corrected chi connectivity index (χ0v) is 18.0. The van der Waals surface area contributed by atoms with E-state index in [9.17, 15) is 9.59 Å². The minimum absolute atomic E-state index is 0.00793. The second kappa shape index (κ2) is 8.63. The molecule has 0 spiro atoms. The SMILES string of the molecule is CC(NC(=O)c1ccc(Br)cc1)c1nc2ccccc2n1CC(=O)c1ccccc1. The fourth-order valence-corrected chi connectivity index (χ4v) is 3.66. The van der Waals surface area contributed by atoms with Gasteiger partial charge in [-0.05, 0) is 43.3 Å². The molecule has 1 atom stereocenters. The van der Waals surface area contributed by atoms with Gasteiger partial charge in [-0.3, -0.25) is 9.59 Å². The van der Waals surface area contributed by atoms with Crippen molar-refractivity contribution >= 4 is 38.7 Å². The Kier molecular flexibility index (Phi) is 5.77. The van der Waals surface area contributed by atoms with Crippen molar-refractivity contribution in [3.05, 3.63) is 100 Å². The summed E-state index contributed by atoms with van der Waals surface area (Å²) in [4.78, 5) is 30.3. The Morgan fingerprint density at radius 2 is 1.60 bits per heavy atom. The van der Waals surface area contributed by atoms with Gasteiger partial charge in [0, 0.05) is 15.6 Å². The number of Topliss-reactive ketones (excluding diaryl/α,β-unsaturated/α-hetero) is 1. The van der Waals surface area contributed by atoms with Crippen LogP contribution in [0, 0.1) is 0 Å². The topological polar surface area (TPSA) is 64.0 Å². The van der Waals surface area contributed by atoms with Crippen molar-refractivity contribution < 1.29 is 9.59 Å². The summed E-state index contributed by atoms with van der Waals surface area (Å²) in [5.74, 6) is 0.445. The van der Waals surface area contributed by atoms with Crippen LogP contribution in [0.4, 0.5) is 0 Å². The summed E-state index contributed by atoms with van der Waals surface area (Å²) in [6.07, 6.45) is 0. The standard InChI is InChI=1S/C24H20BrN3O2/c1-16(26-24(30)18-11-13-19(25)14-12-18)23-27-20-9-5-6-10-21(20)28(23)15-22(29)17-7-3-2-4-8-17/h2-14,16H,15H2,1H3,(H,26,30). The van der Waals surface area contributed by atoms with Crippen LogP contribution in [0.1, 0.15) is 39.5 Å². The van der Waals surface area contributed by atoms with Gasteiger partial charge in [-0.15, -0.1) is 0 Å². The second-order valence-electron chi connectivity index (χ2n) is 7.04. The average molecular weight is 462 g/mol. The zero-order chi connectivity index (χ0) is 21.1. The number of rotatable bonds is 6. The molecule has 1 unspecified atom stereocenters. The highest BCUT2D eigenvalue weighted by Gasteiger charge is 2.21. The maximum absolute atomic E-state index is 12.9. The lowest BCUT2D eigenvalue weighted by Gasteiger charge is -2.16. The monoisotopic (exact) mass is 461 g/mol. The summed E-state index contributed by atoms with van der Waals surface area (Å²) in [5, 5.41) is 3.00. The molecule has 150 valence electrons. The van der Waals surface area contributed by atoms with Crippen LogP contribution >= 0.6 is 15.9 Å². The number of benzene rings is 3. The predicted molar refractivity (Wildman–Crippen MR) is 121 cm³/mol. The van der Waals surface area contributed by atoms with Crippen molar-refractivity contribution in [2.45, 2.75) is 19.5 Å². The van der Waals surface area contributed by atoms with E-state index in [0.717, 1.165) is 15.5 Å². The van der Waals surface area contributed by atoms with E-state index in [-0.39, 0.29) is 24.3 Å². The Morgan fingerprint density at radius 3 is 2.33 bits per heavy atom. The summed E-state index contributed by atoms with van der Waals surface area (Å²) in [5.41, 5.74) is 2.86. The number of ketones is 1. The first-order chi connectivity index (χ1) is 14.5. The van der Waals surface area contributed by atoms with Crippen LogP contribution in [0.2, 0.25) is 0 Å². The van der Waals surface area contributed by atoms with E-state index in [2.05, 4.69) is 21.2 Å². The fourth-order valence-electron chi connectivity index (χ4n) is 3.40. The fraction of sp³-hybridized carbons (Fsp3) is 0.125. The molecule has 0 saturated heterocycles. The maximum atomic E-state index is 12.9. The lowest BCUT2D eigenvalue weighted by atomic mass is 10.1. The smallest absolute Gasteiger partial charge is 0.251 e. The number of amides is 1. The van der Waals surface area contributed by atoms with Crippen molar-refractivity contribution in [2.24, 2.45) is 0 Å². The van der Waals surface area contributed by atoms with Crippen molar-refractivity contribution in [3.8, 4) is 0 Å². The molecule has 0 fully saturated rings. The van der Waals surface area contributed by atoms with E-state index >= 15 is 0 Å². The molecule has 1 N–H and O–H groups in total. The molecule has 0 saturated carbocycles. The van der Waals surface area contributed by atoms with Crippen molar-refractivity contribution in [1.82, 2.24) is 14.9 Å². The van der Waals surface area contributed by atoms with Crippen LogP contribution < -0.4 is 5.32 Å². The van der Waals surface area contributed by atoms with Crippen LogP contribution in [-0.2, 0) is 6.54 Å². The van der Waals surface area contributed by atoms with Gasteiger partial charge >= 0.3 is 0 Å². The number of nitrogens with one attached hydrogen (secondary N) is 1. The molecule has 0 aliphatic heterocycles. The van der Waals surface area contributed by atoms with E-state index in [1.807, 2.05) is 66.1 Å². The zero-order valence-electron chi connectivity index (χ0n) is 16.4. The van der Waals surface area contributed by atoms with E-state index in [4.69, 9.17) is 4.98 Å². The molecule has 1 heterocycles. The van der Waals surface area contributed by atoms with E-state index in [1.54, 1.807) is 24.3 Å². The summed E-state index contributed by atoms with van der Waals surface area (Å²) in [7, 11) is 0. The van der Waals surface area contributed by atoms with Crippen LogP contribution in [0.3, 0.4) is 0 Å². The Bertz CT molecular complexity index is 1200. The Balaban J connectivity index is 1.64. The number of hydrogen-bond acceptors (Lipinski definition) is 3. The van der Waals surface area contributed by atoms with Gasteiger partial charge in [-0.25, -0.2) is 4.98 Å². The first-order valence-electron chi connectivity index (χ1n) is 9.63. The number of imidazole rings is 1. The van der Waals surface area contributed by atoms with Gasteiger partial charge in [0.25, 0.3) is 5.91 Å². The summed E-state index contributed by atoms with van der Waals surface area (Å²) >= 11 is 3.38. The van der Waals surface area contributed by atoms with Gasteiger partial charge in [-0.1, -0.05) is 58.4 Å². The minimum atomic E-state index is -0.378. The van der Waals surface area contributed by atoms with Crippen LogP contribution in [0.25, 0.3) is 11.0 Å². The van der Waals surface area contributed by atoms with Crippen LogP contribution in [0.5, 0.6) is 0 Å². The number of nitrogens with zero attached hydrogens (tertiary/aromatic N) is 2. The summed E-state index contributed by atoms with van der Waals surface area (Å²) < 4.78 is 2.80. The third-order valence-electron chi connectivity index (χ3n) is 4.92. The largest absolute Gasteiger partial charge is 0.342 e. The summed E-state index contributed by atoms with van der Waals surface area (Å²) in [6, 6.07) is 23.7. The minimum Gasteiger partial charge on any atom is -0.342 e. The summed E-state index contributed by atoms with van der Waals surface area (Å²) in [6.45, 7) is 2.03. The highest BCUT2D eigenvalue weighted by molar-refractivity contribution is 9.10. The molecule has 0 aliphatic carbocycles. The van der Waals surface area contributed by atoms with Gasteiger partial charge in [-0.2, -0.15) is 0 Å². The lowest BCUT2D eigenvalue weighted by molar-refractivity contribution is 0.0937. The van der Waals surface area contributed by atoms with Crippen molar-refractivity contribution in [1.29, 1.82) is 0 Å². The van der Waals surface area contributed by atoms with Crippen molar-refractivity contribution in [2.75, 3.05) is 0 Å². The molecule has 3 aromatic carbocycles. The molecule has 30 heavy (non-hydrogen) atoms. The molecule has 1 aromatic heterocycles. The van der Waals surface area contributed by atoms with Gasteiger partial charge in [0.05, 0.1) is 23.6 Å². The molecule has 4 aromatic rings. The molecule has 0 radical (unpaired) electrons. The lowest BCUT2D eigenvalue weighted by Crippen LogP contribution is -2.29. The number of aromatic nitrogens is 2. The predicted octanol–water partition coefficient (Wildman–Crippen LogP) is 5.17. The second-order valence-corrected chi connectivity index (χ2v) is 7.95. The van der Waals surface area contributed by atoms with Crippen LogP contribution in [-0.4, -0.2) is 21.2 Å². The van der Waals surface area contributed by atoms with E-state index in [0.29, 0.717) is 17.0 Å². The number of fused-ring (bicyclic) bond motifs is 1. The molecule has 6 heteroatoms. The number of halogens is 1. The molecular weight excluding hydrogens is 442 g/mol. The normalized spacial score (nSPS) is 11.9. The molecular formula is C24H20BrN3O2. The highest BCUT2D eigenvalue weighted by Crippen LogP contribution is 2.22. The third kappa shape index (κ3) is 4.19. The molecule has 1 amide bonds. The number of hydrogen-bond donors (Lipinski definition) is 1. The third-order valence-corrected chi connectivity index (χ3v) is 5.45. The van der Waals surface area contributed by atoms with E-state index in [1.165, 1.54) is 0 Å². The van der Waals surface area contributed by atoms with Gasteiger partial charge in [0.1, 0.15) is 5.82 Å². The average Bonchev–Trinajstić information content (AvgIpc) is 3.13. The van der Waals surface area contributed by atoms with Gasteiger partial charge in [0.15, 0.2) is 5.78 Å². The Morgan fingerprint density at radius 1 is 0.933 bits per heavy atom. The molecule has 0 aliphatic rings. The first kappa shape index (κ1) is 20.0. The highest BCUT2D eigenvalue weighted by atomic mass is 79.9. The van der Waals surface area contributed by atoms with Crippen molar-refractivity contribution in [3.63, 3.8) is 0 Å². The maximum Gasteiger partial charge on any atom is 0.251 e. The Labute approximate surface area is 182 Å². The van der Waals surface area contributed by atoms with Gasteiger partial charge in [0.2, 0.25) is 0 Å². The molecule has 4 rings (SSSR count). The number of carbonyl (C=O) groups is 2. The molecule has 5 nitrogen and oxygen atoms in total. The Hall–Kier alpha value is -3.25. The van der Waals surface area contributed by atoms with Crippen LogP contribution in [0.15, 0.2) is 83.3 Å². The van der Waals surface area contributed by atoms with E-state index < -0.39 is 0 Å².